The summed E-state index contributed by atoms with van der Waals surface area (Å²) in [6.07, 6.45) is 0.622. The maximum atomic E-state index is 11.6. The van der Waals surface area contributed by atoms with Crippen molar-refractivity contribution < 1.29 is 9.59 Å². The molecule has 0 fully saturated rings. The van der Waals surface area contributed by atoms with Crippen molar-refractivity contribution in [3.8, 4) is 0 Å². The Morgan fingerprint density at radius 1 is 1.22 bits per heavy atom. The Hall–Kier alpha value is -2.04. The van der Waals surface area contributed by atoms with Gasteiger partial charge in [-0.2, -0.15) is 0 Å². The molecule has 0 aliphatic carbocycles. The van der Waals surface area contributed by atoms with Crippen molar-refractivity contribution in [3.05, 3.63) is 29.8 Å². The predicted molar refractivity (Wildman–Crippen MR) is 70.9 cm³/mol. The van der Waals surface area contributed by atoms with Gasteiger partial charge in [-0.3, -0.25) is 9.59 Å². The lowest BCUT2D eigenvalue weighted by Gasteiger charge is -2.10. The van der Waals surface area contributed by atoms with E-state index in [-0.39, 0.29) is 11.8 Å². The minimum Gasteiger partial charge on any atom is -0.399 e. The molecule has 0 bridgehead atoms. The van der Waals surface area contributed by atoms with Crippen molar-refractivity contribution in [2.45, 2.75) is 12.8 Å². The molecule has 1 rings (SSSR count). The highest BCUT2D eigenvalue weighted by atomic mass is 16.2. The van der Waals surface area contributed by atoms with Gasteiger partial charge in [0.15, 0.2) is 0 Å². The highest BCUT2D eigenvalue weighted by Crippen LogP contribution is 2.05. The average Bonchev–Trinajstić information content (AvgIpc) is 2.32. The van der Waals surface area contributed by atoms with Crippen molar-refractivity contribution in [2.24, 2.45) is 0 Å². The molecule has 0 spiro atoms. The molecule has 5 nitrogen and oxygen atoms in total. The molecule has 0 unspecified atom stereocenters. The largest absolute Gasteiger partial charge is 0.399 e. The predicted octanol–water partition coefficient (Wildman–Crippen LogP) is 0.406. The van der Waals surface area contributed by atoms with Gasteiger partial charge in [0.25, 0.3) is 0 Å². The van der Waals surface area contributed by atoms with Crippen LogP contribution in [0.25, 0.3) is 0 Å². The van der Waals surface area contributed by atoms with Gasteiger partial charge in [-0.05, 0) is 17.7 Å². The lowest BCUT2D eigenvalue weighted by Crippen LogP contribution is -2.31. The Balaban J connectivity index is 2.30. The molecule has 98 valence electrons. The number of hydrogen-bond acceptors (Lipinski definition) is 3. The van der Waals surface area contributed by atoms with Gasteiger partial charge in [-0.15, -0.1) is 0 Å². The zero-order chi connectivity index (χ0) is 13.5. The van der Waals surface area contributed by atoms with E-state index in [1.807, 2.05) is 12.1 Å². The summed E-state index contributed by atoms with van der Waals surface area (Å²) in [6.45, 7) is 0.366. The van der Waals surface area contributed by atoms with Gasteiger partial charge in [-0.25, -0.2) is 0 Å². The summed E-state index contributed by atoms with van der Waals surface area (Å²) in [7, 11) is 3.39. The summed E-state index contributed by atoms with van der Waals surface area (Å²) < 4.78 is 0. The lowest BCUT2D eigenvalue weighted by molar-refractivity contribution is -0.128. The molecule has 0 saturated carbocycles. The van der Waals surface area contributed by atoms with E-state index in [9.17, 15) is 9.59 Å². The molecular weight excluding hydrogens is 230 g/mol. The van der Waals surface area contributed by atoms with E-state index < -0.39 is 0 Å². The fourth-order valence-corrected chi connectivity index (χ4v) is 1.42. The van der Waals surface area contributed by atoms with E-state index in [4.69, 9.17) is 5.73 Å². The van der Waals surface area contributed by atoms with E-state index in [1.54, 1.807) is 26.2 Å². The number of hydrogen-bond donors (Lipinski definition) is 2. The second-order valence-electron chi connectivity index (χ2n) is 4.31. The Morgan fingerprint density at radius 2 is 1.83 bits per heavy atom. The Morgan fingerprint density at radius 3 is 2.39 bits per heavy atom. The van der Waals surface area contributed by atoms with Crippen LogP contribution in [-0.2, 0) is 16.0 Å². The van der Waals surface area contributed by atoms with E-state index in [0.717, 1.165) is 5.56 Å². The van der Waals surface area contributed by atoms with Crippen LogP contribution < -0.4 is 11.1 Å². The molecule has 0 atom stereocenters. The first-order valence-corrected chi connectivity index (χ1v) is 5.80. The highest BCUT2D eigenvalue weighted by molar-refractivity contribution is 5.80. The maximum Gasteiger partial charge on any atom is 0.224 e. The number of carbonyl (C=O) groups is 2. The van der Waals surface area contributed by atoms with Crippen LogP contribution in [0.2, 0.25) is 0 Å². The molecule has 0 radical (unpaired) electrons. The summed E-state index contributed by atoms with van der Waals surface area (Å²) in [6, 6.07) is 7.16. The molecule has 0 aliphatic heterocycles. The Labute approximate surface area is 107 Å². The fraction of sp³-hybridized carbons (Fsp3) is 0.385. The standard InChI is InChI=1S/C13H19N3O2/c1-16(2)13(18)7-8-15-12(17)9-10-3-5-11(14)6-4-10/h3-6H,7-9,14H2,1-2H3,(H,15,17). The molecule has 3 N–H and O–H groups in total. The third-order valence-electron chi connectivity index (χ3n) is 2.50. The van der Waals surface area contributed by atoms with Gasteiger partial charge in [0.2, 0.25) is 11.8 Å². The first-order chi connectivity index (χ1) is 8.49. The van der Waals surface area contributed by atoms with Gasteiger partial charge < -0.3 is 16.0 Å². The number of rotatable bonds is 5. The number of amides is 2. The van der Waals surface area contributed by atoms with Crippen molar-refractivity contribution in [1.29, 1.82) is 0 Å². The smallest absolute Gasteiger partial charge is 0.224 e. The number of nitrogens with zero attached hydrogens (tertiary/aromatic N) is 1. The highest BCUT2D eigenvalue weighted by Gasteiger charge is 2.06. The van der Waals surface area contributed by atoms with Gasteiger partial charge in [0.1, 0.15) is 0 Å². The van der Waals surface area contributed by atoms with E-state index in [1.165, 1.54) is 4.90 Å². The van der Waals surface area contributed by atoms with Crippen molar-refractivity contribution in [3.63, 3.8) is 0 Å². The van der Waals surface area contributed by atoms with Crippen LogP contribution in [-0.4, -0.2) is 37.4 Å². The van der Waals surface area contributed by atoms with Gasteiger partial charge in [0.05, 0.1) is 6.42 Å². The first kappa shape index (κ1) is 14.0. The number of carbonyl (C=O) groups excluding carboxylic acids is 2. The van der Waals surface area contributed by atoms with Crippen molar-refractivity contribution >= 4 is 17.5 Å². The number of nitrogens with one attached hydrogen (secondary N) is 1. The van der Waals surface area contributed by atoms with Crippen LogP contribution in [0.3, 0.4) is 0 Å². The van der Waals surface area contributed by atoms with Crippen molar-refractivity contribution in [2.75, 3.05) is 26.4 Å². The molecular formula is C13H19N3O2. The molecule has 0 heterocycles. The topological polar surface area (TPSA) is 75.4 Å². The zero-order valence-corrected chi connectivity index (χ0v) is 10.8. The molecule has 1 aromatic carbocycles. The van der Waals surface area contributed by atoms with Crippen LogP contribution in [0, 0.1) is 0 Å². The minimum atomic E-state index is -0.0914. The second kappa shape index (κ2) is 6.64. The zero-order valence-electron chi connectivity index (χ0n) is 10.8. The van der Waals surface area contributed by atoms with E-state index in [0.29, 0.717) is 25.1 Å². The van der Waals surface area contributed by atoms with E-state index in [2.05, 4.69) is 5.32 Å². The van der Waals surface area contributed by atoms with Crippen LogP contribution in [0.15, 0.2) is 24.3 Å². The molecule has 18 heavy (non-hydrogen) atoms. The number of anilines is 1. The summed E-state index contributed by atoms with van der Waals surface area (Å²) in [5, 5.41) is 2.71. The van der Waals surface area contributed by atoms with Crippen LogP contribution in [0.4, 0.5) is 5.69 Å². The maximum absolute atomic E-state index is 11.6. The summed E-state index contributed by atoms with van der Waals surface area (Å²) >= 11 is 0. The lowest BCUT2D eigenvalue weighted by atomic mass is 10.1. The average molecular weight is 249 g/mol. The molecule has 0 aliphatic rings. The minimum absolute atomic E-state index is 0.00258. The SMILES string of the molecule is CN(C)C(=O)CCNC(=O)Cc1ccc(N)cc1. The van der Waals surface area contributed by atoms with E-state index >= 15 is 0 Å². The third kappa shape index (κ3) is 4.86. The fourth-order valence-electron chi connectivity index (χ4n) is 1.42. The molecule has 2 amide bonds. The molecule has 5 heteroatoms. The second-order valence-corrected chi connectivity index (χ2v) is 4.31. The molecule has 0 aromatic heterocycles. The van der Waals surface area contributed by atoms with Crippen LogP contribution in [0.5, 0.6) is 0 Å². The third-order valence-corrected chi connectivity index (χ3v) is 2.50. The van der Waals surface area contributed by atoms with Crippen molar-refractivity contribution in [1.82, 2.24) is 10.2 Å². The normalized spacial score (nSPS) is 9.89. The summed E-state index contributed by atoms with van der Waals surface area (Å²) in [4.78, 5) is 24.4. The monoisotopic (exact) mass is 249 g/mol. The number of benzene rings is 1. The first-order valence-electron chi connectivity index (χ1n) is 5.80. The van der Waals surface area contributed by atoms with Gasteiger partial charge >= 0.3 is 0 Å². The summed E-state index contributed by atoms with van der Waals surface area (Å²) in [5.41, 5.74) is 7.14. The quantitative estimate of drug-likeness (QED) is 0.742. The number of nitrogen functional groups attached to an aromatic ring is 1. The van der Waals surface area contributed by atoms with Gasteiger partial charge in [-0.1, -0.05) is 12.1 Å². The summed E-state index contributed by atoms with van der Waals surface area (Å²) in [5.74, 6) is -0.0888. The van der Waals surface area contributed by atoms with Crippen LogP contribution >= 0.6 is 0 Å². The Bertz CT molecular complexity index is 413. The molecule has 0 saturated heterocycles. The molecule has 1 aromatic rings. The Kier molecular flexibility index (Phi) is 5.17. The number of nitrogens with two attached hydrogens (primary N) is 1. The van der Waals surface area contributed by atoms with Gasteiger partial charge in [0, 0.05) is 32.7 Å². The van der Waals surface area contributed by atoms with Crippen LogP contribution in [0.1, 0.15) is 12.0 Å².